The zero-order valence-corrected chi connectivity index (χ0v) is 15.7. The topological polar surface area (TPSA) is 40.5 Å². The fourth-order valence-corrected chi connectivity index (χ4v) is 3.77. The predicted molar refractivity (Wildman–Crippen MR) is 96.7 cm³/mol. The van der Waals surface area contributed by atoms with Gasteiger partial charge in [-0.05, 0) is 54.8 Å². The molecule has 1 atom stereocenters. The van der Waals surface area contributed by atoms with E-state index in [0.29, 0.717) is 30.5 Å². The van der Waals surface area contributed by atoms with Gasteiger partial charge in [-0.25, -0.2) is 0 Å². The van der Waals surface area contributed by atoms with Gasteiger partial charge in [-0.2, -0.15) is 26.3 Å². The van der Waals surface area contributed by atoms with Crippen molar-refractivity contribution in [3.63, 3.8) is 0 Å². The average Bonchev–Trinajstić information content (AvgIpc) is 2.68. The number of alkyl halides is 6. The largest absolute Gasteiger partial charge is 0.481 e. The Kier molecular flexibility index (Phi) is 6.12. The maximum absolute atomic E-state index is 12.9. The number of carbonyl (C=O) groups is 1. The highest BCUT2D eigenvalue weighted by atomic mass is 19.4. The summed E-state index contributed by atoms with van der Waals surface area (Å²) >= 11 is 0. The minimum absolute atomic E-state index is 0.155. The zero-order valence-electron chi connectivity index (χ0n) is 15.7. The van der Waals surface area contributed by atoms with Gasteiger partial charge >= 0.3 is 18.3 Å². The molecule has 162 valence electrons. The van der Waals surface area contributed by atoms with E-state index in [1.165, 1.54) is 24.3 Å². The summed E-state index contributed by atoms with van der Waals surface area (Å²) < 4.78 is 77.5. The highest BCUT2D eigenvalue weighted by molar-refractivity contribution is 5.70. The van der Waals surface area contributed by atoms with Gasteiger partial charge in [-0.1, -0.05) is 24.3 Å². The van der Waals surface area contributed by atoms with Crippen molar-refractivity contribution in [3.05, 3.63) is 70.8 Å². The van der Waals surface area contributed by atoms with E-state index in [2.05, 4.69) is 0 Å². The van der Waals surface area contributed by atoms with Crippen LogP contribution in [0.25, 0.3) is 0 Å². The molecule has 2 aromatic rings. The number of likely N-dealkylation sites (tertiary alicyclic amines) is 1. The molecule has 2 aromatic carbocycles. The Morgan fingerprint density at radius 2 is 1.30 bits per heavy atom. The molecule has 0 saturated carbocycles. The summed E-state index contributed by atoms with van der Waals surface area (Å²) in [5, 5.41) is 9.35. The van der Waals surface area contributed by atoms with Crippen LogP contribution in [0.2, 0.25) is 0 Å². The lowest BCUT2D eigenvalue weighted by Crippen LogP contribution is -2.41. The molecule has 1 heterocycles. The van der Waals surface area contributed by atoms with Crippen LogP contribution < -0.4 is 0 Å². The summed E-state index contributed by atoms with van der Waals surface area (Å²) in [6.07, 6.45) is -7.99. The first-order valence-corrected chi connectivity index (χ1v) is 9.28. The zero-order chi connectivity index (χ0) is 22.1. The number of benzene rings is 2. The van der Waals surface area contributed by atoms with Crippen LogP contribution in [0.3, 0.4) is 0 Å². The van der Waals surface area contributed by atoms with Gasteiger partial charge in [0.1, 0.15) is 0 Å². The Morgan fingerprint density at radius 1 is 0.867 bits per heavy atom. The second-order valence-corrected chi connectivity index (χ2v) is 7.31. The molecule has 0 radical (unpaired) electrons. The van der Waals surface area contributed by atoms with E-state index < -0.39 is 41.4 Å². The van der Waals surface area contributed by atoms with E-state index in [1.54, 1.807) is 4.90 Å². The first-order chi connectivity index (χ1) is 14.0. The molecule has 1 saturated heterocycles. The van der Waals surface area contributed by atoms with Gasteiger partial charge in [0.2, 0.25) is 0 Å². The molecule has 1 aliphatic heterocycles. The van der Waals surface area contributed by atoms with Crippen molar-refractivity contribution in [3.8, 4) is 0 Å². The molecule has 9 heteroatoms. The average molecular weight is 431 g/mol. The van der Waals surface area contributed by atoms with Crippen molar-refractivity contribution < 1.29 is 36.2 Å². The molecule has 3 rings (SSSR count). The van der Waals surface area contributed by atoms with E-state index in [0.717, 1.165) is 24.3 Å². The van der Waals surface area contributed by atoms with E-state index in [9.17, 15) is 36.2 Å². The number of carboxylic acids is 1. The van der Waals surface area contributed by atoms with Crippen LogP contribution in [0, 0.1) is 5.92 Å². The summed E-state index contributed by atoms with van der Waals surface area (Å²) in [7, 11) is 0. The Balaban J connectivity index is 1.99. The first kappa shape index (κ1) is 22.1. The molecular weight excluding hydrogens is 412 g/mol. The minimum atomic E-state index is -4.51. The fourth-order valence-electron chi connectivity index (χ4n) is 3.77. The lowest BCUT2D eigenvalue weighted by atomic mass is 9.90. The predicted octanol–water partition coefficient (Wildman–Crippen LogP) is 5.61. The second kappa shape index (κ2) is 8.29. The fraction of sp³-hybridized carbons (Fsp3) is 0.381. The SMILES string of the molecule is O=C(O)C1CCCN(C(c2ccc(C(F)(F)F)cc2)c2ccc(C(F)(F)F)cc2)C1. The number of hydrogen-bond donors (Lipinski definition) is 1. The van der Waals surface area contributed by atoms with E-state index >= 15 is 0 Å². The monoisotopic (exact) mass is 431 g/mol. The summed E-state index contributed by atoms with van der Waals surface area (Å²) in [5.41, 5.74) is -0.762. The summed E-state index contributed by atoms with van der Waals surface area (Å²) in [6.45, 7) is 0.637. The Hall–Kier alpha value is -2.55. The smallest absolute Gasteiger partial charge is 0.416 e. The minimum Gasteiger partial charge on any atom is -0.481 e. The molecule has 1 aliphatic rings. The van der Waals surface area contributed by atoms with Gasteiger partial charge in [0.05, 0.1) is 23.1 Å². The highest BCUT2D eigenvalue weighted by Crippen LogP contribution is 2.37. The molecule has 3 nitrogen and oxygen atoms in total. The molecule has 0 aliphatic carbocycles. The van der Waals surface area contributed by atoms with Gasteiger partial charge in [0.25, 0.3) is 0 Å². The number of hydrogen-bond acceptors (Lipinski definition) is 2. The molecule has 0 bridgehead atoms. The van der Waals surface area contributed by atoms with Crippen molar-refractivity contribution in [2.75, 3.05) is 13.1 Å². The number of nitrogens with zero attached hydrogens (tertiary/aromatic N) is 1. The van der Waals surface area contributed by atoms with E-state index in [4.69, 9.17) is 0 Å². The number of carboxylic acid groups (broad SMARTS) is 1. The maximum Gasteiger partial charge on any atom is 0.416 e. The Bertz CT molecular complexity index is 817. The third kappa shape index (κ3) is 4.95. The van der Waals surface area contributed by atoms with Crippen molar-refractivity contribution in [1.29, 1.82) is 0 Å². The van der Waals surface area contributed by atoms with Crippen LogP contribution in [0.5, 0.6) is 0 Å². The van der Waals surface area contributed by atoms with Crippen molar-refractivity contribution >= 4 is 5.97 Å². The molecule has 0 aromatic heterocycles. The van der Waals surface area contributed by atoms with Crippen LogP contribution in [0.1, 0.15) is 41.1 Å². The highest BCUT2D eigenvalue weighted by Gasteiger charge is 2.34. The first-order valence-electron chi connectivity index (χ1n) is 9.28. The van der Waals surface area contributed by atoms with Crippen molar-refractivity contribution in [2.45, 2.75) is 31.2 Å². The normalized spacial score (nSPS) is 18.6. The number of aliphatic carboxylic acids is 1. The van der Waals surface area contributed by atoms with Gasteiger partial charge in [-0.3, -0.25) is 9.69 Å². The molecule has 1 N–H and O–H groups in total. The van der Waals surface area contributed by atoms with Gasteiger partial charge in [0, 0.05) is 6.54 Å². The van der Waals surface area contributed by atoms with Crippen LogP contribution in [-0.4, -0.2) is 29.1 Å². The molecule has 0 amide bonds. The van der Waals surface area contributed by atoms with Crippen molar-refractivity contribution in [1.82, 2.24) is 4.90 Å². The summed E-state index contributed by atoms with van der Waals surface area (Å²) in [4.78, 5) is 13.2. The molecule has 1 unspecified atom stereocenters. The third-order valence-corrected chi connectivity index (χ3v) is 5.27. The number of piperidine rings is 1. The van der Waals surface area contributed by atoms with Crippen LogP contribution >= 0.6 is 0 Å². The molecule has 1 fully saturated rings. The summed E-state index contributed by atoms with van der Waals surface area (Å²) in [5.74, 6) is -1.62. The lowest BCUT2D eigenvalue weighted by molar-refractivity contribution is -0.144. The standard InChI is InChI=1S/C21H19F6NO2/c22-20(23,24)16-7-3-13(4-8-16)18(28-11-1-2-15(12-28)19(29)30)14-5-9-17(10-6-14)21(25,26)27/h3-10,15,18H,1-2,11-12H2,(H,29,30). The Labute approximate surface area is 168 Å². The molecule has 30 heavy (non-hydrogen) atoms. The molecular formula is C21H19F6NO2. The van der Waals surface area contributed by atoms with Gasteiger partial charge < -0.3 is 5.11 Å². The van der Waals surface area contributed by atoms with E-state index in [1.807, 2.05) is 0 Å². The second-order valence-electron chi connectivity index (χ2n) is 7.31. The number of halogens is 6. The Morgan fingerprint density at radius 3 is 1.67 bits per heavy atom. The van der Waals surface area contributed by atoms with Crippen molar-refractivity contribution in [2.24, 2.45) is 5.92 Å². The third-order valence-electron chi connectivity index (χ3n) is 5.27. The lowest BCUT2D eigenvalue weighted by Gasteiger charge is -2.37. The van der Waals surface area contributed by atoms with Crippen LogP contribution in [-0.2, 0) is 17.1 Å². The van der Waals surface area contributed by atoms with Crippen LogP contribution in [0.4, 0.5) is 26.3 Å². The van der Waals surface area contributed by atoms with Gasteiger partial charge in [-0.15, -0.1) is 0 Å². The maximum atomic E-state index is 12.9. The van der Waals surface area contributed by atoms with Crippen LogP contribution in [0.15, 0.2) is 48.5 Å². The number of rotatable bonds is 4. The quantitative estimate of drug-likeness (QED) is 0.640. The van der Waals surface area contributed by atoms with E-state index in [-0.39, 0.29) is 6.54 Å². The molecule has 0 spiro atoms. The van der Waals surface area contributed by atoms with Gasteiger partial charge in [0.15, 0.2) is 0 Å². The summed E-state index contributed by atoms with van der Waals surface area (Å²) in [6, 6.07) is 8.18.